The molecule has 0 bridgehead atoms. The number of nitrogens with one attached hydrogen (secondary N) is 1. The summed E-state index contributed by atoms with van der Waals surface area (Å²) in [7, 11) is -3.62. The lowest BCUT2D eigenvalue weighted by atomic mass is 10.2. The molecule has 1 N–H and O–H groups in total. The van der Waals surface area contributed by atoms with Crippen LogP contribution < -0.4 is 14.8 Å². The standard InChI is InChI=1S/C20H24N2O5S/c1-3-22(4-2)28(24,25)17-9-7-8-15(12-17)20(23)21-13-16-14-26-18-10-5-6-11-19(18)27-16/h5-12,16H,3-4,13-14H2,1-2H3,(H,21,23). The zero-order valence-electron chi connectivity index (χ0n) is 15.9. The van der Waals surface area contributed by atoms with Crippen LogP contribution in [0.15, 0.2) is 53.4 Å². The number of nitrogens with zero attached hydrogens (tertiary/aromatic N) is 1. The molecular formula is C20H24N2O5S. The smallest absolute Gasteiger partial charge is 0.251 e. The lowest BCUT2D eigenvalue weighted by Crippen LogP contribution is -2.40. The van der Waals surface area contributed by atoms with Gasteiger partial charge in [-0.05, 0) is 30.3 Å². The molecule has 1 atom stereocenters. The average Bonchev–Trinajstić information content (AvgIpc) is 2.72. The first kappa shape index (κ1) is 20.2. The Labute approximate surface area is 165 Å². The molecule has 0 saturated carbocycles. The van der Waals surface area contributed by atoms with Gasteiger partial charge in [0.1, 0.15) is 12.7 Å². The number of hydrogen-bond acceptors (Lipinski definition) is 5. The van der Waals surface area contributed by atoms with E-state index in [4.69, 9.17) is 9.47 Å². The van der Waals surface area contributed by atoms with Crippen molar-refractivity contribution in [3.05, 3.63) is 54.1 Å². The highest BCUT2D eigenvalue weighted by atomic mass is 32.2. The van der Waals surface area contributed by atoms with Crippen LogP contribution in [-0.2, 0) is 10.0 Å². The van der Waals surface area contributed by atoms with Gasteiger partial charge < -0.3 is 14.8 Å². The van der Waals surface area contributed by atoms with Crippen LogP contribution in [0.2, 0.25) is 0 Å². The van der Waals surface area contributed by atoms with Gasteiger partial charge in [0.25, 0.3) is 5.91 Å². The quantitative estimate of drug-likeness (QED) is 0.765. The van der Waals surface area contributed by atoms with E-state index in [-0.39, 0.29) is 29.0 Å². The maximum absolute atomic E-state index is 12.6. The van der Waals surface area contributed by atoms with Gasteiger partial charge >= 0.3 is 0 Å². The summed E-state index contributed by atoms with van der Waals surface area (Å²) in [6, 6.07) is 13.4. The topological polar surface area (TPSA) is 84.9 Å². The molecule has 3 rings (SSSR count). The predicted molar refractivity (Wildman–Crippen MR) is 105 cm³/mol. The third kappa shape index (κ3) is 4.28. The molecular weight excluding hydrogens is 380 g/mol. The van der Waals surface area contributed by atoms with Crippen LogP contribution in [0.1, 0.15) is 24.2 Å². The van der Waals surface area contributed by atoms with Crippen molar-refractivity contribution in [3.63, 3.8) is 0 Å². The van der Waals surface area contributed by atoms with E-state index in [9.17, 15) is 13.2 Å². The maximum atomic E-state index is 12.6. The monoisotopic (exact) mass is 404 g/mol. The van der Waals surface area contributed by atoms with E-state index < -0.39 is 10.0 Å². The second kappa shape index (κ2) is 8.62. The van der Waals surface area contributed by atoms with Crippen molar-refractivity contribution in [2.24, 2.45) is 0 Å². The molecule has 0 fully saturated rings. The fourth-order valence-electron chi connectivity index (χ4n) is 2.98. The highest BCUT2D eigenvalue weighted by molar-refractivity contribution is 7.89. The van der Waals surface area contributed by atoms with E-state index >= 15 is 0 Å². The molecule has 2 aromatic rings. The van der Waals surface area contributed by atoms with Crippen molar-refractivity contribution in [1.29, 1.82) is 0 Å². The molecule has 1 aliphatic heterocycles. The van der Waals surface area contributed by atoms with Crippen LogP contribution in [0.4, 0.5) is 0 Å². The van der Waals surface area contributed by atoms with E-state index in [1.165, 1.54) is 16.4 Å². The summed E-state index contributed by atoms with van der Waals surface area (Å²) in [5, 5.41) is 2.78. The summed E-state index contributed by atoms with van der Waals surface area (Å²) in [6.45, 7) is 4.88. The number of amides is 1. The minimum atomic E-state index is -3.62. The first-order valence-electron chi connectivity index (χ1n) is 9.22. The van der Waals surface area contributed by atoms with E-state index in [0.717, 1.165) is 0 Å². The van der Waals surface area contributed by atoms with E-state index in [1.807, 2.05) is 24.3 Å². The number of rotatable bonds is 7. The number of para-hydroxylation sites is 2. The minimum Gasteiger partial charge on any atom is -0.486 e. The number of ether oxygens (including phenoxy) is 2. The first-order valence-corrected chi connectivity index (χ1v) is 10.7. The van der Waals surface area contributed by atoms with Crippen molar-refractivity contribution in [2.75, 3.05) is 26.2 Å². The molecule has 1 unspecified atom stereocenters. The highest BCUT2D eigenvalue weighted by Crippen LogP contribution is 2.30. The predicted octanol–water partition coefficient (Wildman–Crippen LogP) is 2.29. The average molecular weight is 404 g/mol. The van der Waals surface area contributed by atoms with Crippen LogP contribution in [0.5, 0.6) is 11.5 Å². The molecule has 0 saturated heterocycles. The van der Waals surface area contributed by atoms with Gasteiger partial charge in [-0.2, -0.15) is 4.31 Å². The summed E-state index contributed by atoms with van der Waals surface area (Å²) in [4.78, 5) is 12.6. The fourth-order valence-corrected chi connectivity index (χ4v) is 4.49. The normalized spacial score (nSPS) is 16.0. The number of fused-ring (bicyclic) bond motifs is 1. The van der Waals surface area contributed by atoms with Crippen molar-refractivity contribution in [3.8, 4) is 11.5 Å². The van der Waals surface area contributed by atoms with Crippen molar-refractivity contribution in [2.45, 2.75) is 24.8 Å². The summed E-state index contributed by atoms with van der Waals surface area (Å²) < 4.78 is 38.1. The molecule has 0 aromatic heterocycles. The third-order valence-corrected chi connectivity index (χ3v) is 6.54. The molecule has 2 aromatic carbocycles. The summed E-state index contributed by atoms with van der Waals surface area (Å²) >= 11 is 0. The Hall–Kier alpha value is -2.58. The zero-order chi connectivity index (χ0) is 20.1. The molecule has 1 heterocycles. The number of carbonyl (C=O) groups excluding carboxylic acids is 1. The van der Waals surface area contributed by atoms with Crippen molar-refractivity contribution in [1.82, 2.24) is 9.62 Å². The second-order valence-corrected chi connectivity index (χ2v) is 8.26. The Balaban J connectivity index is 1.66. The molecule has 8 heteroatoms. The van der Waals surface area contributed by atoms with Crippen molar-refractivity contribution >= 4 is 15.9 Å². The number of sulfonamides is 1. The highest BCUT2D eigenvalue weighted by Gasteiger charge is 2.24. The molecule has 0 aliphatic carbocycles. The second-order valence-electron chi connectivity index (χ2n) is 6.32. The number of hydrogen-bond donors (Lipinski definition) is 1. The van der Waals surface area contributed by atoms with E-state index in [0.29, 0.717) is 31.2 Å². The summed E-state index contributed by atoms with van der Waals surface area (Å²) in [6.07, 6.45) is -0.318. The van der Waals surface area contributed by atoms with Gasteiger partial charge in [0.2, 0.25) is 10.0 Å². The van der Waals surface area contributed by atoms with Crippen LogP contribution in [0, 0.1) is 0 Å². The Morgan fingerprint density at radius 2 is 1.82 bits per heavy atom. The maximum Gasteiger partial charge on any atom is 0.251 e. The first-order chi connectivity index (χ1) is 13.5. The van der Waals surface area contributed by atoms with Crippen LogP contribution in [-0.4, -0.2) is 51.0 Å². The SMILES string of the molecule is CCN(CC)S(=O)(=O)c1cccc(C(=O)NCC2COc3ccccc3O2)c1. The molecule has 150 valence electrons. The van der Waals surface area contributed by atoms with Gasteiger partial charge in [0.15, 0.2) is 11.5 Å². The molecule has 1 amide bonds. The molecule has 1 aliphatic rings. The van der Waals surface area contributed by atoms with E-state index in [2.05, 4.69) is 5.32 Å². The molecule has 7 nitrogen and oxygen atoms in total. The largest absolute Gasteiger partial charge is 0.486 e. The minimum absolute atomic E-state index is 0.107. The Morgan fingerprint density at radius 1 is 1.11 bits per heavy atom. The Kier molecular flexibility index (Phi) is 6.21. The summed E-state index contributed by atoms with van der Waals surface area (Å²) in [5.74, 6) is 0.957. The Bertz CT molecular complexity index is 941. The van der Waals surface area contributed by atoms with Crippen LogP contribution in [0.25, 0.3) is 0 Å². The van der Waals surface area contributed by atoms with Crippen LogP contribution in [0.3, 0.4) is 0 Å². The van der Waals surface area contributed by atoms with Gasteiger partial charge in [-0.25, -0.2) is 8.42 Å². The Morgan fingerprint density at radius 3 is 2.54 bits per heavy atom. The van der Waals surface area contributed by atoms with Gasteiger partial charge in [0, 0.05) is 18.7 Å². The fraction of sp³-hybridized carbons (Fsp3) is 0.350. The lowest BCUT2D eigenvalue weighted by molar-refractivity contribution is 0.0789. The zero-order valence-corrected chi connectivity index (χ0v) is 16.7. The molecule has 0 spiro atoms. The lowest BCUT2D eigenvalue weighted by Gasteiger charge is -2.26. The van der Waals surface area contributed by atoms with Crippen LogP contribution >= 0.6 is 0 Å². The number of benzene rings is 2. The number of carbonyl (C=O) groups is 1. The molecule has 0 radical (unpaired) electrons. The third-order valence-electron chi connectivity index (χ3n) is 4.50. The molecule has 28 heavy (non-hydrogen) atoms. The van der Waals surface area contributed by atoms with E-state index in [1.54, 1.807) is 26.0 Å². The van der Waals surface area contributed by atoms with Gasteiger partial charge in [0.05, 0.1) is 11.4 Å². The van der Waals surface area contributed by atoms with Crippen molar-refractivity contribution < 1.29 is 22.7 Å². The van der Waals surface area contributed by atoms with Gasteiger partial charge in [-0.1, -0.05) is 32.0 Å². The van der Waals surface area contributed by atoms with Gasteiger partial charge in [-0.15, -0.1) is 0 Å². The summed E-state index contributed by atoms with van der Waals surface area (Å²) in [5.41, 5.74) is 0.283. The van der Waals surface area contributed by atoms with Gasteiger partial charge in [-0.3, -0.25) is 4.79 Å².